The number of hydrogen-bond acceptors (Lipinski definition) is 5. The SMILES string of the molecule is O=C(COC(=O)c1ccccc1Oc1cccnc1)NC1CCCc2ccccc21. The van der Waals surface area contributed by atoms with Gasteiger partial charge < -0.3 is 14.8 Å². The molecular weight excluding hydrogens is 380 g/mol. The molecule has 1 amide bonds. The van der Waals surface area contributed by atoms with E-state index in [0.29, 0.717) is 11.5 Å². The second kappa shape index (κ2) is 9.22. The fraction of sp³-hybridized carbons (Fsp3) is 0.208. The smallest absolute Gasteiger partial charge is 0.342 e. The van der Waals surface area contributed by atoms with Gasteiger partial charge in [-0.1, -0.05) is 36.4 Å². The topological polar surface area (TPSA) is 77.5 Å². The quantitative estimate of drug-likeness (QED) is 0.625. The van der Waals surface area contributed by atoms with Crippen molar-refractivity contribution in [1.29, 1.82) is 0 Å². The summed E-state index contributed by atoms with van der Waals surface area (Å²) in [7, 11) is 0. The van der Waals surface area contributed by atoms with Crippen LogP contribution in [0, 0.1) is 0 Å². The number of nitrogens with one attached hydrogen (secondary N) is 1. The van der Waals surface area contributed by atoms with Crippen molar-refractivity contribution in [3.8, 4) is 11.5 Å². The van der Waals surface area contributed by atoms with E-state index in [-0.39, 0.29) is 24.1 Å². The zero-order valence-electron chi connectivity index (χ0n) is 16.4. The molecule has 2 aromatic carbocycles. The molecular formula is C24H22N2O4. The number of aromatic nitrogens is 1. The fourth-order valence-electron chi connectivity index (χ4n) is 3.61. The highest BCUT2D eigenvalue weighted by atomic mass is 16.5. The van der Waals surface area contributed by atoms with E-state index in [1.54, 1.807) is 48.8 Å². The Labute approximate surface area is 174 Å². The van der Waals surface area contributed by atoms with Crippen molar-refractivity contribution in [2.75, 3.05) is 6.61 Å². The lowest BCUT2D eigenvalue weighted by Gasteiger charge is -2.26. The maximum absolute atomic E-state index is 12.6. The van der Waals surface area contributed by atoms with Crippen LogP contribution in [0.25, 0.3) is 0 Å². The summed E-state index contributed by atoms with van der Waals surface area (Å²) in [5, 5.41) is 2.98. The first-order chi connectivity index (χ1) is 14.7. The predicted octanol–water partition coefficient (Wildman–Crippen LogP) is 4.22. The molecule has 6 nitrogen and oxygen atoms in total. The first-order valence-electron chi connectivity index (χ1n) is 9.92. The molecule has 0 fully saturated rings. The van der Waals surface area contributed by atoms with Gasteiger partial charge in [-0.15, -0.1) is 0 Å². The minimum Gasteiger partial charge on any atom is -0.455 e. The van der Waals surface area contributed by atoms with Crippen LogP contribution in [0.4, 0.5) is 0 Å². The summed E-state index contributed by atoms with van der Waals surface area (Å²) in [6.07, 6.45) is 6.10. The van der Waals surface area contributed by atoms with Gasteiger partial charge in [-0.3, -0.25) is 9.78 Å². The zero-order chi connectivity index (χ0) is 20.8. The molecule has 30 heavy (non-hydrogen) atoms. The van der Waals surface area contributed by atoms with Crippen molar-refractivity contribution < 1.29 is 19.1 Å². The molecule has 0 bridgehead atoms. The van der Waals surface area contributed by atoms with Crippen LogP contribution in [0.1, 0.15) is 40.4 Å². The Kier molecular flexibility index (Phi) is 6.03. The highest BCUT2D eigenvalue weighted by molar-refractivity contribution is 5.94. The third-order valence-electron chi connectivity index (χ3n) is 5.01. The van der Waals surface area contributed by atoms with Crippen LogP contribution in [-0.4, -0.2) is 23.5 Å². The summed E-state index contributed by atoms with van der Waals surface area (Å²) in [5.41, 5.74) is 2.64. The molecule has 0 saturated carbocycles. The number of hydrogen-bond donors (Lipinski definition) is 1. The van der Waals surface area contributed by atoms with Crippen LogP contribution in [-0.2, 0) is 16.0 Å². The Balaban J connectivity index is 1.37. The van der Waals surface area contributed by atoms with Crippen molar-refractivity contribution in [1.82, 2.24) is 10.3 Å². The molecule has 0 radical (unpaired) electrons. The molecule has 1 N–H and O–H groups in total. The van der Waals surface area contributed by atoms with E-state index in [9.17, 15) is 9.59 Å². The Morgan fingerprint density at radius 1 is 1.03 bits per heavy atom. The Morgan fingerprint density at radius 2 is 1.87 bits per heavy atom. The van der Waals surface area contributed by atoms with Crippen molar-refractivity contribution in [3.05, 3.63) is 89.7 Å². The monoisotopic (exact) mass is 402 g/mol. The summed E-state index contributed by atoms with van der Waals surface area (Å²) in [6.45, 7) is -0.348. The lowest BCUT2D eigenvalue weighted by Crippen LogP contribution is -2.34. The first-order valence-corrected chi connectivity index (χ1v) is 9.92. The van der Waals surface area contributed by atoms with Gasteiger partial charge in [-0.2, -0.15) is 0 Å². The summed E-state index contributed by atoms with van der Waals surface area (Å²) in [5.74, 6) is -0.0898. The van der Waals surface area contributed by atoms with Crippen LogP contribution < -0.4 is 10.1 Å². The van der Waals surface area contributed by atoms with Crippen molar-refractivity contribution in [2.24, 2.45) is 0 Å². The molecule has 152 valence electrons. The molecule has 0 aliphatic heterocycles. The average molecular weight is 402 g/mol. The summed E-state index contributed by atoms with van der Waals surface area (Å²) >= 11 is 0. The second-order valence-electron chi connectivity index (χ2n) is 7.07. The number of benzene rings is 2. The number of fused-ring (bicyclic) bond motifs is 1. The van der Waals surface area contributed by atoms with E-state index in [4.69, 9.17) is 9.47 Å². The van der Waals surface area contributed by atoms with Gasteiger partial charge in [0.15, 0.2) is 6.61 Å². The molecule has 1 aliphatic rings. The number of nitrogens with zero attached hydrogens (tertiary/aromatic N) is 1. The number of ether oxygens (including phenoxy) is 2. The number of esters is 1. The molecule has 6 heteroatoms. The molecule has 1 heterocycles. The van der Waals surface area contributed by atoms with Gasteiger partial charge in [0.25, 0.3) is 5.91 Å². The summed E-state index contributed by atoms with van der Waals surface area (Å²) < 4.78 is 11.0. The van der Waals surface area contributed by atoms with Crippen LogP contribution in [0.3, 0.4) is 0 Å². The fourth-order valence-corrected chi connectivity index (χ4v) is 3.61. The highest BCUT2D eigenvalue weighted by Gasteiger charge is 2.22. The number of rotatable bonds is 6. The highest BCUT2D eigenvalue weighted by Crippen LogP contribution is 2.29. The van der Waals surface area contributed by atoms with Crippen LogP contribution in [0.5, 0.6) is 11.5 Å². The van der Waals surface area contributed by atoms with E-state index in [2.05, 4.69) is 16.4 Å². The van der Waals surface area contributed by atoms with Gasteiger partial charge in [-0.25, -0.2) is 4.79 Å². The van der Waals surface area contributed by atoms with E-state index in [1.165, 1.54) is 5.56 Å². The number of amides is 1. The normalized spacial score (nSPS) is 15.0. The average Bonchev–Trinajstić information content (AvgIpc) is 2.79. The first kappa shape index (κ1) is 19.6. The largest absolute Gasteiger partial charge is 0.455 e. The lowest BCUT2D eigenvalue weighted by atomic mass is 9.88. The molecule has 1 aromatic heterocycles. The summed E-state index contributed by atoms with van der Waals surface area (Å²) in [6, 6.07) is 18.3. The van der Waals surface area contributed by atoms with Crippen molar-refractivity contribution >= 4 is 11.9 Å². The van der Waals surface area contributed by atoms with E-state index in [0.717, 1.165) is 24.8 Å². The maximum atomic E-state index is 12.6. The molecule has 1 unspecified atom stereocenters. The minimum absolute atomic E-state index is 0.0534. The molecule has 1 atom stereocenters. The third-order valence-corrected chi connectivity index (χ3v) is 5.01. The number of aryl methyl sites for hydroxylation is 1. The zero-order valence-corrected chi connectivity index (χ0v) is 16.4. The van der Waals surface area contributed by atoms with Crippen LogP contribution in [0.15, 0.2) is 73.1 Å². The standard InChI is InChI=1S/C24H22N2O4/c27-23(26-21-12-5-8-17-7-1-2-10-19(17)21)16-29-24(28)20-11-3-4-13-22(20)30-18-9-6-14-25-15-18/h1-4,6-7,9-11,13-15,21H,5,8,12,16H2,(H,26,27). The summed E-state index contributed by atoms with van der Waals surface area (Å²) in [4.78, 5) is 29.0. The lowest BCUT2D eigenvalue weighted by molar-refractivity contribution is -0.125. The van der Waals surface area contributed by atoms with Gasteiger partial charge in [0, 0.05) is 6.20 Å². The Hall–Kier alpha value is -3.67. The minimum atomic E-state index is -0.617. The maximum Gasteiger partial charge on any atom is 0.342 e. The second-order valence-corrected chi connectivity index (χ2v) is 7.07. The Morgan fingerprint density at radius 3 is 2.73 bits per heavy atom. The number of pyridine rings is 1. The molecule has 0 saturated heterocycles. The van der Waals surface area contributed by atoms with Gasteiger partial charge in [0.05, 0.1) is 12.2 Å². The van der Waals surface area contributed by atoms with Gasteiger partial charge in [-0.05, 0) is 54.7 Å². The van der Waals surface area contributed by atoms with Gasteiger partial charge in [0.2, 0.25) is 0 Å². The van der Waals surface area contributed by atoms with E-state index in [1.807, 2.05) is 18.2 Å². The predicted molar refractivity (Wildman–Crippen MR) is 111 cm³/mol. The number of carbonyl (C=O) groups excluding carboxylic acids is 2. The molecule has 4 rings (SSSR count). The molecule has 0 spiro atoms. The van der Waals surface area contributed by atoms with E-state index < -0.39 is 5.97 Å². The number of para-hydroxylation sites is 1. The molecule has 1 aliphatic carbocycles. The Bertz CT molecular complexity index is 1040. The van der Waals surface area contributed by atoms with Gasteiger partial charge >= 0.3 is 5.97 Å². The third kappa shape index (κ3) is 4.66. The van der Waals surface area contributed by atoms with Crippen molar-refractivity contribution in [3.63, 3.8) is 0 Å². The van der Waals surface area contributed by atoms with E-state index >= 15 is 0 Å². The van der Waals surface area contributed by atoms with Gasteiger partial charge in [0.1, 0.15) is 17.1 Å². The van der Waals surface area contributed by atoms with Crippen LogP contribution >= 0.6 is 0 Å². The molecule has 3 aromatic rings. The number of carbonyl (C=O) groups is 2. The van der Waals surface area contributed by atoms with Crippen molar-refractivity contribution in [2.45, 2.75) is 25.3 Å². The van der Waals surface area contributed by atoms with Crippen LogP contribution in [0.2, 0.25) is 0 Å².